The van der Waals surface area contributed by atoms with Gasteiger partial charge in [-0.05, 0) is 52.1 Å². The summed E-state index contributed by atoms with van der Waals surface area (Å²) in [5.41, 5.74) is 8.43. The number of aryl methyl sites for hydroxylation is 2. The molecule has 0 radical (unpaired) electrons. The SMILES string of the molecule is Cc1c2ccccc2c(CC(C)(C)C)c2c1c1c3c(ccc4c5cc([Si](C)(C)C)ccc5n2c43)cc[n+]1C. The second-order valence-electron chi connectivity index (χ2n) is 13.6. The van der Waals surface area contributed by atoms with Crippen LogP contribution in [0.15, 0.2) is 66.9 Å². The lowest BCUT2D eigenvalue weighted by Crippen LogP contribution is -2.37. The van der Waals surface area contributed by atoms with Gasteiger partial charge in [0.15, 0.2) is 6.20 Å². The van der Waals surface area contributed by atoms with Crippen molar-refractivity contribution < 1.29 is 4.57 Å². The Balaban J connectivity index is 1.88. The number of pyridine rings is 2. The van der Waals surface area contributed by atoms with Gasteiger partial charge in [0.1, 0.15) is 7.05 Å². The lowest BCUT2D eigenvalue weighted by atomic mass is 9.83. The third-order valence-corrected chi connectivity index (χ3v) is 10.7. The maximum absolute atomic E-state index is 2.64. The first-order valence-corrected chi connectivity index (χ1v) is 17.4. The fraction of sp³-hybridized carbons (Fsp3) is 0.286. The number of hydrogen-bond donors (Lipinski definition) is 0. The predicted octanol–water partition coefficient (Wildman–Crippen LogP) is 8.41. The maximum atomic E-state index is 2.64. The first-order valence-electron chi connectivity index (χ1n) is 13.9. The number of rotatable bonds is 2. The van der Waals surface area contributed by atoms with Crippen molar-refractivity contribution in [3.05, 3.63) is 78.0 Å². The maximum Gasteiger partial charge on any atom is 0.224 e. The molecule has 0 amide bonds. The molecule has 0 spiro atoms. The van der Waals surface area contributed by atoms with Gasteiger partial charge in [-0.1, -0.05) is 94.1 Å². The zero-order valence-electron chi connectivity index (χ0n) is 24.0. The second kappa shape index (κ2) is 7.57. The van der Waals surface area contributed by atoms with Crippen LogP contribution in [0.5, 0.6) is 0 Å². The molecule has 0 aliphatic carbocycles. The van der Waals surface area contributed by atoms with Crippen LogP contribution in [0.4, 0.5) is 0 Å². The normalized spacial score (nSPS) is 13.4. The van der Waals surface area contributed by atoms with E-state index in [-0.39, 0.29) is 5.41 Å². The Hall–Kier alpha value is -3.43. The first-order chi connectivity index (χ1) is 18.0. The lowest BCUT2D eigenvalue weighted by molar-refractivity contribution is -0.643. The molecular formula is C35H37N2Si+. The van der Waals surface area contributed by atoms with E-state index in [0.717, 1.165) is 6.42 Å². The molecule has 3 heteroatoms. The van der Waals surface area contributed by atoms with Crippen molar-refractivity contribution in [1.82, 2.24) is 4.40 Å². The number of aromatic nitrogens is 2. The molecule has 7 aromatic rings. The average Bonchev–Trinajstić information content (AvgIpc) is 3.19. The second-order valence-corrected chi connectivity index (χ2v) is 18.7. The van der Waals surface area contributed by atoms with Gasteiger partial charge in [-0.15, -0.1) is 0 Å². The van der Waals surface area contributed by atoms with E-state index in [4.69, 9.17) is 0 Å². The molecule has 2 nitrogen and oxygen atoms in total. The summed E-state index contributed by atoms with van der Waals surface area (Å²) >= 11 is 0. The minimum absolute atomic E-state index is 0.157. The Morgan fingerprint density at radius 1 is 0.789 bits per heavy atom. The van der Waals surface area contributed by atoms with E-state index in [0.29, 0.717) is 0 Å². The monoisotopic (exact) mass is 513 g/mol. The zero-order valence-corrected chi connectivity index (χ0v) is 25.0. The van der Waals surface area contributed by atoms with Gasteiger partial charge in [0.25, 0.3) is 0 Å². The molecule has 0 bridgehead atoms. The number of benzene rings is 4. The van der Waals surface area contributed by atoms with Gasteiger partial charge in [-0.2, -0.15) is 0 Å². The van der Waals surface area contributed by atoms with Crippen LogP contribution in [0.2, 0.25) is 19.6 Å². The summed E-state index contributed by atoms with van der Waals surface area (Å²) in [6.07, 6.45) is 3.26. The minimum Gasteiger partial charge on any atom is -0.307 e. The molecule has 0 unspecified atom stereocenters. The fourth-order valence-electron chi connectivity index (χ4n) is 6.86. The van der Waals surface area contributed by atoms with Crippen LogP contribution in [0.1, 0.15) is 31.9 Å². The molecule has 3 aromatic heterocycles. The predicted molar refractivity (Wildman–Crippen MR) is 168 cm³/mol. The Morgan fingerprint density at radius 3 is 2.24 bits per heavy atom. The van der Waals surface area contributed by atoms with E-state index in [1.54, 1.807) is 0 Å². The highest BCUT2D eigenvalue weighted by atomic mass is 28.3. The van der Waals surface area contributed by atoms with Crippen LogP contribution in [-0.4, -0.2) is 12.5 Å². The van der Waals surface area contributed by atoms with Gasteiger partial charge < -0.3 is 4.40 Å². The highest BCUT2D eigenvalue weighted by Gasteiger charge is 2.29. The summed E-state index contributed by atoms with van der Waals surface area (Å²) in [4.78, 5) is 0. The van der Waals surface area contributed by atoms with E-state index in [1.807, 2.05) is 0 Å². The molecule has 190 valence electrons. The summed E-state index contributed by atoms with van der Waals surface area (Å²) in [6, 6.07) is 23.4. The number of fused-ring (bicyclic) bond motifs is 7. The Kier molecular flexibility index (Phi) is 4.72. The van der Waals surface area contributed by atoms with Gasteiger partial charge in [-0.25, -0.2) is 4.57 Å². The van der Waals surface area contributed by atoms with Crippen LogP contribution in [-0.2, 0) is 13.5 Å². The molecule has 38 heavy (non-hydrogen) atoms. The number of nitrogens with zero attached hydrogens (tertiary/aromatic N) is 2. The van der Waals surface area contributed by atoms with E-state index in [9.17, 15) is 0 Å². The molecule has 0 N–H and O–H groups in total. The molecule has 3 heterocycles. The molecule has 7 rings (SSSR count). The summed E-state index contributed by atoms with van der Waals surface area (Å²) in [6.45, 7) is 16.8. The topological polar surface area (TPSA) is 8.29 Å². The minimum atomic E-state index is -1.46. The third kappa shape index (κ3) is 3.15. The molecule has 0 fully saturated rings. The molecule has 0 saturated carbocycles. The van der Waals surface area contributed by atoms with Crippen molar-refractivity contribution >= 4 is 73.0 Å². The van der Waals surface area contributed by atoms with Crippen molar-refractivity contribution in [1.29, 1.82) is 0 Å². The number of hydrogen-bond acceptors (Lipinski definition) is 0. The molecule has 0 saturated heterocycles. The van der Waals surface area contributed by atoms with Crippen molar-refractivity contribution in [2.45, 2.75) is 53.8 Å². The van der Waals surface area contributed by atoms with Crippen LogP contribution in [0, 0.1) is 12.3 Å². The average molecular weight is 514 g/mol. The fourth-order valence-corrected chi connectivity index (χ4v) is 8.02. The third-order valence-electron chi connectivity index (χ3n) is 8.62. The molecule has 4 aromatic carbocycles. The van der Waals surface area contributed by atoms with Gasteiger partial charge in [0, 0.05) is 16.8 Å². The molecule has 0 aliphatic heterocycles. The van der Waals surface area contributed by atoms with Gasteiger partial charge >= 0.3 is 0 Å². The van der Waals surface area contributed by atoms with E-state index in [2.05, 4.69) is 130 Å². The largest absolute Gasteiger partial charge is 0.307 e. The Labute approximate surface area is 225 Å². The van der Waals surface area contributed by atoms with E-state index >= 15 is 0 Å². The van der Waals surface area contributed by atoms with Crippen LogP contribution in [0.3, 0.4) is 0 Å². The smallest absolute Gasteiger partial charge is 0.224 e. The summed E-state index contributed by atoms with van der Waals surface area (Å²) in [7, 11) is 0.758. The zero-order chi connectivity index (χ0) is 26.7. The van der Waals surface area contributed by atoms with Crippen molar-refractivity contribution in [3.63, 3.8) is 0 Å². The molecular weight excluding hydrogens is 476 g/mol. The Morgan fingerprint density at radius 2 is 1.53 bits per heavy atom. The van der Waals surface area contributed by atoms with Crippen LogP contribution >= 0.6 is 0 Å². The van der Waals surface area contributed by atoms with E-state index < -0.39 is 8.07 Å². The van der Waals surface area contributed by atoms with E-state index in [1.165, 1.54) is 76.1 Å². The first kappa shape index (κ1) is 23.7. The van der Waals surface area contributed by atoms with Crippen molar-refractivity contribution in [2.75, 3.05) is 0 Å². The lowest BCUT2D eigenvalue weighted by Gasteiger charge is -2.24. The standard InChI is InChI=1S/C35H37N2Si/c1-21-24-11-9-10-12-25(24)28(20-35(2,3)4)33-30(21)34-31-22(17-18-36(34)5)13-15-26-27-19-23(38(6,7)8)14-16-29(27)37(33)32(26)31/h9-19H,20H2,1-8H3/q+1. The van der Waals surface area contributed by atoms with Gasteiger partial charge in [0.2, 0.25) is 5.52 Å². The Bertz CT molecular complexity index is 2080. The van der Waals surface area contributed by atoms with Crippen molar-refractivity contribution in [3.8, 4) is 0 Å². The summed E-state index contributed by atoms with van der Waals surface area (Å²) in [5.74, 6) is 0. The highest BCUT2D eigenvalue weighted by molar-refractivity contribution is 6.88. The quantitative estimate of drug-likeness (QED) is 0.0949. The molecule has 0 aliphatic rings. The highest BCUT2D eigenvalue weighted by Crippen LogP contribution is 2.45. The molecule has 0 atom stereocenters. The van der Waals surface area contributed by atoms with Crippen LogP contribution in [0.25, 0.3) is 59.8 Å². The summed E-state index contributed by atoms with van der Waals surface area (Å²) in [5, 5.41) is 11.1. The van der Waals surface area contributed by atoms with Gasteiger partial charge in [0.05, 0.1) is 35.4 Å². The van der Waals surface area contributed by atoms with Crippen LogP contribution < -0.4 is 9.75 Å². The van der Waals surface area contributed by atoms with Crippen molar-refractivity contribution in [2.24, 2.45) is 12.5 Å². The van der Waals surface area contributed by atoms with Gasteiger partial charge in [-0.3, -0.25) is 0 Å². The summed E-state index contributed by atoms with van der Waals surface area (Å²) < 4.78 is 5.00.